The van der Waals surface area contributed by atoms with Crippen molar-refractivity contribution in [2.75, 3.05) is 45.0 Å². The van der Waals surface area contributed by atoms with E-state index in [0.717, 1.165) is 23.0 Å². The number of nitrogens with two attached hydrogens (primary N) is 1. The van der Waals surface area contributed by atoms with Crippen molar-refractivity contribution in [1.29, 1.82) is 0 Å². The second-order valence-electron chi connectivity index (χ2n) is 6.70. The van der Waals surface area contributed by atoms with Crippen LogP contribution in [0.25, 0.3) is 21.9 Å². The first-order chi connectivity index (χ1) is 14.3. The van der Waals surface area contributed by atoms with Crippen molar-refractivity contribution in [2.45, 2.75) is 13.5 Å². The van der Waals surface area contributed by atoms with Gasteiger partial charge in [0.2, 0.25) is 10.0 Å². The van der Waals surface area contributed by atoms with Crippen LogP contribution in [0.2, 0.25) is 0 Å². The van der Waals surface area contributed by atoms with E-state index in [2.05, 4.69) is 14.7 Å². The third-order valence-corrected chi connectivity index (χ3v) is 5.17. The maximum Gasteiger partial charge on any atom is 0.208 e. The Bertz CT molecular complexity index is 1130. The lowest BCUT2D eigenvalue weighted by Crippen LogP contribution is -2.26. The number of sulfonamides is 1. The molecule has 30 heavy (non-hydrogen) atoms. The Morgan fingerprint density at radius 2 is 1.97 bits per heavy atom. The van der Waals surface area contributed by atoms with Gasteiger partial charge in [-0.3, -0.25) is 0 Å². The van der Waals surface area contributed by atoms with Crippen molar-refractivity contribution in [3.63, 3.8) is 0 Å². The molecular formula is C19H27N5O5S. The van der Waals surface area contributed by atoms with E-state index in [1.54, 1.807) is 0 Å². The minimum atomic E-state index is -3.21. The first kappa shape index (κ1) is 22.2. The molecular weight excluding hydrogens is 410 g/mol. The minimum absolute atomic E-state index is 0.217. The number of pyridine rings is 1. The van der Waals surface area contributed by atoms with Crippen LogP contribution in [0.3, 0.4) is 0 Å². The molecule has 164 valence electrons. The number of nitrogen functional groups attached to an aromatic ring is 1. The number of imidazole rings is 1. The van der Waals surface area contributed by atoms with E-state index >= 15 is 0 Å². The van der Waals surface area contributed by atoms with E-state index in [1.165, 1.54) is 0 Å². The SMILES string of the molecule is CCOCc1nc2c(N)nc3cccc(OCCOCCNS(C)(=O)=O)c3c2n1C. The molecule has 2 aromatic heterocycles. The zero-order valence-electron chi connectivity index (χ0n) is 17.3. The third-order valence-electron chi connectivity index (χ3n) is 4.44. The van der Waals surface area contributed by atoms with Crippen molar-refractivity contribution in [1.82, 2.24) is 19.3 Å². The van der Waals surface area contributed by atoms with Crippen LogP contribution in [0.5, 0.6) is 5.75 Å². The number of benzene rings is 1. The lowest BCUT2D eigenvalue weighted by Gasteiger charge is -2.12. The molecule has 0 spiro atoms. The van der Waals surface area contributed by atoms with Gasteiger partial charge < -0.3 is 24.5 Å². The number of nitrogens with zero attached hydrogens (tertiary/aromatic N) is 3. The summed E-state index contributed by atoms with van der Waals surface area (Å²) in [4.78, 5) is 9.08. The van der Waals surface area contributed by atoms with E-state index < -0.39 is 10.0 Å². The zero-order chi connectivity index (χ0) is 21.7. The predicted octanol–water partition coefficient (Wildman–Crippen LogP) is 1.18. The molecule has 0 saturated heterocycles. The molecule has 0 aliphatic carbocycles. The summed E-state index contributed by atoms with van der Waals surface area (Å²) in [5, 5.41) is 0.818. The number of hydrogen-bond acceptors (Lipinski definition) is 8. The molecule has 0 saturated carbocycles. The van der Waals surface area contributed by atoms with E-state index in [1.807, 2.05) is 36.7 Å². The van der Waals surface area contributed by atoms with Crippen LogP contribution >= 0.6 is 0 Å². The van der Waals surface area contributed by atoms with E-state index in [-0.39, 0.29) is 13.2 Å². The van der Waals surface area contributed by atoms with Crippen LogP contribution in [0.1, 0.15) is 12.7 Å². The summed E-state index contributed by atoms with van der Waals surface area (Å²) >= 11 is 0. The second-order valence-corrected chi connectivity index (χ2v) is 8.53. The van der Waals surface area contributed by atoms with E-state index in [4.69, 9.17) is 19.9 Å². The van der Waals surface area contributed by atoms with Gasteiger partial charge in [0.1, 0.15) is 30.3 Å². The third kappa shape index (κ3) is 5.17. The summed E-state index contributed by atoms with van der Waals surface area (Å²) in [7, 11) is -1.30. The summed E-state index contributed by atoms with van der Waals surface area (Å²) in [5.74, 6) is 1.76. The monoisotopic (exact) mass is 437 g/mol. The van der Waals surface area contributed by atoms with Crippen molar-refractivity contribution in [3.05, 3.63) is 24.0 Å². The van der Waals surface area contributed by atoms with Crippen molar-refractivity contribution < 1.29 is 22.6 Å². The standard InChI is InChI=1S/C19H27N5O5S/c1-4-27-12-15-23-17-18(24(15)2)16-13(22-19(17)20)6-5-7-14(16)29-11-10-28-9-8-21-30(3,25)26/h5-7,21H,4,8-12H2,1-3H3,(H2,20,22). The van der Waals surface area contributed by atoms with E-state index in [0.29, 0.717) is 49.0 Å². The Morgan fingerprint density at radius 1 is 1.17 bits per heavy atom. The predicted molar refractivity (Wildman–Crippen MR) is 115 cm³/mol. The van der Waals surface area contributed by atoms with Crippen LogP contribution in [-0.2, 0) is 33.2 Å². The molecule has 0 amide bonds. The molecule has 0 atom stereocenters. The molecule has 0 aliphatic rings. The average molecular weight is 438 g/mol. The lowest BCUT2D eigenvalue weighted by atomic mass is 10.1. The molecule has 1 aromatic carbocycles. The van der Waals surface area contributed by atoms with Gasteiger partial charge in [-0.25, -0.2) is 23.1 Å². The molecule has 0 fully saturated rings. The maximum absolute atomic E-state index is 11.0. The van der Waals surface area contributed by atoms with Gasteiger partial charge in [0.25, 0.3) is 0 Å². The van der Waals surface area contributed by atoms with Crippen LogP contribution in [0.4, 0.5) is 5.82 Å². The fourth-order valence-corrected chi connectivity index (χ4v) is 3.55. The second kappa shape index (κ2) is 9.56. The van der Waals surface area contributed by atoms with Crippen molar-refractivity contribution in [3.8, 4) is 5.75 Å². The lowest BCUT2D eigenvalue weighted by molar-refractivity contribution is 0.105. The molecule has 0 aliphatic heterocycles. The van der Waals surface area contributed by atoms with Gasteiger partial charge in [-0.1, -0.05) is 6.07 Å². The van der Waals surface area contributed by atoms with Gasteiger partial charge in [-0.05, 0) is 19.1 Å². The number of rotatable bonds is 11. The quantitative estimate of drug-likeness (QED) is 0.428. The molecule has 0 radical (unpaired) electrons. The average Bonchev–Trinajstić information content (AvgIpc) is 3.02. The van der Waals surface area contributed by atoms with Crippen molar-refractivity contribution in [2.24, 2.45) is 7.05 Å². The van der Waals surface area contributed by atoms with Crippen LogP contribution in [0, 0.1) is 0 Å². The molecule has 11 heteroatoms. The summed E-state index contributed by atoms with van der Waals surface area (Å²) in [6.07, 6.45) is 1.11. The maximum atomic E-state index is 11.0. The number of ether oxygens (including phenoxy) is 3. The molecule has 0 bridgehead atoms. The number of aryl methyl sites for hydroxylation is 1. The highest BCUT2D eigenvalue weighted by molar-refractivity contribution is 7.88. The number of hydrogen-bond donors (Lipinski definition) is 2. The van der Waals surface area contributed by atoms with Gasteiger partial charge in [0.05, 0.1) is 35.9 Å². The number of fused-ring (bicyclic) bond motifs is 3. The van der Waals surface area contributed by atoms with Gasteiger partial charge in [0, 0.05) is 20.2 Å². The summed E-state index contributed by atoms with van der Waals surface area (Å²) in [5.41, 5.74) is 8.30. The van der Waals surface area contributed by atoms with Crippen LogP contribution < -0.4 is 15.2 Å². The molecule has 0 unspecified atom stereocenters. The topological polar surface area (TPSA) is 131 Å². The molecule has 3 N–H and O–H groups in total. The smallest absolute Gasteiger partial charge is 0.208 e. The van der Waals surface area contributed by atoms with Gasteiger partial charge in [-0.15, -0.1) is 0 Å². The van der Waals surface area contributed by atoms with Gasteiger partial charge in [0.15, 0.2) is 5.82 Å². The first-order valence-corrected chi connectivity index (χ1v) is 11.5. The minimum Gasteiger partial charge on any atom is -0.490 e. The summed E-state index contributed by atoms with van der Waals surface area (Å²) in [6, 6.07) is 5.59. The van der Waals surface area contributed by atoms with Crippen LogP contribution in [0.15, 0.2) is 18.2 Å². The Hall–Kier alpha value is -2.47. The Labute approximate surface area is 175 Å². The normalized spacial score (nSPS) is 12.1. The fourth-order valence-electron chi connectivity index (χ4n) is 3.10. The van der Waals surface area contributed by atoms with Gasteiger partial charge >= 0.3 is 0 Å². The number of anilines is 1. The molecule has 3 rings (SSSR count). The summed E-state index contributed by atoms with van der Waals surface area (Å²) < 4.78 is 43.2. The highest BCUT2D eigenvalue weighted by Gasteiger charge is 2.18. The molecule has 3 aromatic rings. The Balaban J connectivity index is 1.78. The Morgan fingerprint density at radius 3 is 2.70 bits per heavy atom. The molecule has 10 nitrogen and oxygen atoms in total. The van der Waals surface area contributed by atoms with Crippen LogP contribution in [-0.4, -0.2) is 62.2 Å². The number of aromatic nitrogens is 3. The van der Waals surface area contributed by atoms with Gasteiger partial charge in [-0.2, -0.15) is 0 Å². The highest BCUT2D eigenvalue weighted by Crippen LogP contribution is 2.34. The fraction of sp³-hybridized carbons (Fsp3) is 0.474. The number of nitrogens with one attached hydrogen (secondary N) is 1. The van der Waals surface area contributed by atoms with Crippen molar-refractivity contribution >= 4 is 37.8 Å². The summed E-state index contributed by atoms with van der Waals surface area (Å²) in [6.45, 7) is 3.99. The Kier molecular flexibility index (Phi) is 7.08. The largest absolute Gasteiger partial charge is 0.490 e. The highest BCUT2D eigenvalue weighted by atomic mass is 32.2. The first-order valence-electron chi connectivity index (χ1n) is 9.58. The van der Waals surface area contributed by atoms with E-state index in [9.17, 15) is 8.42 Å². The zero-order valence-corrected chi connectivity index (χ0v) is 18.2. The molecule has 2 heterocycles.